The Labute approximate surface area is 152 Å². The topological polar surface area (TPSA) is 87.8 Å². The zero-order valence-corrected chi connectivity index (χ0v) is 15.3. The van der Waals surface area contributed by atoms with E-state index in [-0.39, 0.29) is 17.9 Å². The quantitative estimate of drug-likeness (QED) is 0.728. The van der Waals surface area contributed by atoms with Crippen LogP contribution in [0.3, 0.4) is 0 Å². The highest BCUT2D eigenvalue weighted by Crippen LogP contribution is 2.52. The third-order valence-corrected chi connectivity index (χ3v) is 5.56. The number of nitrogens with one attached hydrogen (secondary N) is 1. The summed E-state index contributed by atoms with van der Waals surface area (Å²) in [6, 6.07) is 1.91. The molecule has 140 valence electrons. The summed E-state index contributed by atoms with van der Waals surface area (Å²) < 4.78 is 11.2. The molecule has 0 radical (unpaired) electrons. The van der Waals surface area contributed by atoms with Crippen molar-refractivity contribution in [1.29, 1.82) is 0 Å². The van der Waals surface area contributed by atoms with Gasteiger partial charge in [-0.15, -0.1) is 0 Å². The van der Waals surface area contributed by atoms with Crippen LogP contribution in [-0.2, 0) is 25.6 Å². The number of hydrogen-bond donors (Lipinski definition) is 1. The van der Waals surface area contributed by atoms with Crippen LogP contribution >= 0.6 is 0 Å². The van der Waals surface area contributed by atoms with Gasteiger partial charge in [-0.2, -0.15) is 5.10 Å². The summed E-state index contributed by atoms with van der Waals surface area (Å²) in [4.78, 5) is 29.5. The van der Waals surface area contributed by atoms with E-state index in [4.69, 9.17) is 9.47 Å². The van der Waals surface area contributed by atoms with Crippen molar-refractivity contribution in [2.75, 3.05) is 33.9 Å². The summed E-state index contributed by atoms with van der Waals surface area (Å²) in [6.45, 7) is 3.79. The number of hydrogen-bond acceptors (Lipinski definition) is 5. The maximum atomic E-state index is 13.1. The van der Waals surface area contributed by atoms with E-state index in [0.29, 0.717) is 26.2 Å². The zero-order chi connectivity index (χ0) is 18.5. The number of methoxy groups -OCH3 is 1. The molecule has 26 heavy (non-hydrogen) atoms. The first-order chi connectivity index (χ1) is 12.4. The zero-order valence-electron chi connectivity index (χ0n) is 15.3. The second kappa shape index (κ2) is 6.21. The van der Waals surface area contributed by atoms with E-state index in [9.17, 15) is 9.59 Å². The van der Waals surface area contributed by atoms with Gasteiger partial charge in [-0.05, 0) is 13.0 Å². The average molecular weight is 360 g/mol. The number of nitrogens with zero attached hydrogens (tertiary/aromatic N) is 3. The lowest BCUT2D eigenvalue weighted by Gasteiger charge is -2.27. The highest BCUT2D eigenvalue weighted by atomic mass is 16.5. The van der Waals surface area contributed by atoms with Crippen LogP contribution in [0.15, 0.2) is 18.2 Å². The van der Waals surface area contributed by atoms with Gasteiger partial charge in [-0.25, -0.2) is 0 Å². The van der Waals surface area contributed by atoms with Gasteiger partial charge in [0.05, 0.1) is 43.3 Å². The molecule has 1 spiro atoms. The maximum Gasteiger partial charge on any atom is 0.230 e. The van der Waals surface area contributed by atoms with Crippen molar-refractivity contribution in [3.05, 3.63) is 29.6 Å². The van der Waals surface area contributed by atoms with Crippen LogP contribution in [-0.4, -0.2) is 77.4 Å². The second-order valence-corrected chi connectivity index (χ2v) is 7.39. The van der Waals surface area contributed by atoms with E-state index in [1.54, 1.807) is 24.0 Å². The Kier molecular flexibility index (Phi) is 4.11. The number of carbonyl (C=O) groups is 2. The van der Waals surface area contributed by atoms with Crippen LogP contribution in [0.25, 0.3) is 0 Å². The molecule has 0 unspecified atom stereocenters. The predicted octanol–water partition coefficient (Wildman–Crippen LogP) is 0.105. The fourth-order valence-electron chi connectivity index (χ4n) is 4.38. The van der Waals surface area contributed by atoms with Crippen LogP contribution in [0, 0.1) is 18.8 Å². The van der Waals surface area contributed by atoms with Crippen molar-refractivity contribution >= 4 is 11.8 Å². The number of likely N-dealkylation sites (tertiary alicyclic amines) is 1. The molecule has 0 aromatic carbocycles. The molecule has 2 bridgehead atoms. The molecule has 4 heterocycles. The Morgan fingerprint density at radius 2 is 2.38 bits per heavy atom. The first-order valence-corrected chi connectivity index (χ1v) is 8.86. The lowest BCUT2D eigenvalue weighted by molar-refractivity contribution is -0.142. The summed E-state index contributed by atoms with van der Waals surface area (Å²) in [5.74, 6) is -1.03. The lowest BCUT2D eigenvalue weighted by atomic mass is 9.76. The van der Waals surface area contributed by atoms with Crippen LogP contribution in [0.2, 0.25) is 0 Å². The summed E-state index contributed by atoms with van der Waals surface area (Å²) in [5, 5.41) is 7.07. The van der Waals surface area contributed by atoms with E-state index in [1.807, 2.05) is 25.1 Å². The molecule has 0 aliphatic carbocycles. The minimum atomic E-state index is -0.667. The van der Waals surface area contributed by atoms with E-state index in [1.165, 1.54) is 0 Å². The fraction of sp³-hybridized carbons (Fsp3) is 0.611. The maximum absolute atomic E-state index is 13.1. The minimum Gasteiger partial charge on any atom is -0.383 e. The average Bonchev–Trinajstić information content (AvgIpc) is 3.34. The summed E-state index contributed by atoms with van der Waals surface area (Å²) in [7, 11) is 3.36. The van der Waals surface area contributed by atoms with Crippen LogP contribution in [0.5, 0.6) is 0 Å². The van der Waals surface area contributed by atoms with Gasteiger partial charge in [-0.1, -0.05) is 12.2 Å². The van der Waals surface area contributed by atoms with Crippen molar-refractivity contribution in [2.45, 2.75) is 25.2 Å². The molecule has 1 aromatic heterocycles. The minimum absolute atomic E-state index is 0.0173. The number of aryl methyl sites for hydroxylation is 1. The molecule has 2 fully saturated rings. The first-order valence-electron chi connectivity index (χ1n) is 8.86. The largest absolute Gasteiger partial charge is 0.383 e. The molecule has 8 nitrogen and oxygen atoms in total. The van der Waals surface area contributed by atoms with Gasteiger partial charge < -0.3 is 19.3 Å². The van der Waals surface area contributed by atoms with Crippen molar-refractivity contribution in [1.82, 2.24) is 20.0 Å². The number of amides is 2. The SMILES string of the molecule is COCCN1C[C@]23C=C[C@H](O2)[C@@H](C(=O)N(C)Cc2cc(C)[nH]n2)[C@@H]3C1=O. The summed E-state index contributed by atoms with van der Waals surface area (Å²) in [6.07, 6.45) is 3.57. The molecular formula is C18H24N4O4. The van der Waals surface area contributed by atoms with Crippen LogP contribution < -0.4 is 0 Å². The Balaban J connectivity index is 1.52. The molecule has 3 aliphatic rings. The Morgan fingerprint density at radius 3 is 3.08 bits per heavy atom. The van der Waals surface area contributed by atoms with E-state index in [0.717, 1.165) is 11.4 Å². The lowest BCUT2D eigenvalue weighted by Crippen LogP contribution is -2.44. The van der Waals surface area contributed by atoms with Crippen molar-refractivity contribution in [3.8, 4) is 0 Å². The van der Waals surface area contributed by atoms with Crippen LogP contribution in [0.4, 0.5) is 0 Å². The number of rotatable bonds is 6. The van der Waals surface area contributed by atoms with Gasteiger partial charge in [-0.3, -0.25) is 14.7 Å². The number of H-pyrrole nitrogens is 1. The van der Waals surface area contributed by atoms with E-state index >= 15 is 0 Å². The first kappa shape index (κ1) is 17.2. The van der Waals surface area contributed by atoms with Crippen molar-refractivity contribution in [3.63, 3.8) is 0 Å². The number of fused-ring (bicyclic) bond motifs is 1. The predicted molar refractivity (Wildman–Crippen MR) is 92.0 cm³/mol. The number of aromatic nitrogens is 2. The molecule has 2 saturated heterocycles. The highest BCUT2D eigenvalue weighted by molar-refractivity contribution is 5.93. The number of carbonyl (C=O) groups excluding carboxylic acids is 2. The molecule has 4 atom stereocenters. The molecule has 0 saturated carbocycles. The Morgan fingerprint density at radius 1 is 1.58 bits per heavy atom. The monoisotopic (exact) mass is 360 g/mol. The summed E-state index contributed by atoms with van der Waals surface area (Å²) in [5.41, 5.74) is 1.08. The van der Waals surface area contributed by atoms with Crippen LogP contribution in [0.1, 0.15) is 11.4 Å². The van der Waals surface area contributed by atoms with Gasteiger partial charge in [0, 0.05) is 26.4 Å². The standard InChI is InChI=1S/C18H24N4O4/c1-11-8-12(20-19-11)9-21(2)16(23)14-13-4-5-18(26-13)10-22(6-7-25-3)17(24)15(14)18/h4-5,8,13-15H,6-7,9-10H2,1-3H3,(H,19,20)/t13-,14+,15+,18-/m0/s1. The smallest absolute Gasteiger partial charge is 0.230 e. The summed E-state index contributed by atoms with van der Waals surface area (Å²) >= 11 is 0. The Hall–Kier alpha value is -2.19. The third-order valence-electron chi connectivity index (χ3n) is 5.56. The normalized spacial score (nSPS) is 31.7. The highest BCUT2D eigenvalue weighted by Gasteiger charge is 2.66. The second-order valence-electron chi connectivity index (χ2n) is 7.39. The fourth-order valence-corrected chi connectivity index (χ4v) is 4.38. The van der Waals surface area contributed by atoms with Gasteiger partial charge >= 0.3 is 0 Å². The number of ether oxygens (including phenoxy) is 2. The molecule has 2 amide bonds. The van der Waals surface area contributed by atoms with Gasteiger partial charge in [0.2, 0.25) is 11.8 Å². The van der Waals surface area contributed by atoms with Crippen molar-refractivity contribution < 1.29 is 19.1 Å². The third kappa shape index (κ3) is 2.55. The van der Waals surface area contributed by atoms with Gasteiger partial charge in [0.1, 0.15) is 5.60 Å². The molecular weight excluding hydrogens is 336 g/mol. The van der Waals surface area contributed by atoms with Gasteiger partial charge in [0.25, 0.3) is 0 Å². The van der Waals surface area contributed by atoms with E-state index in [2.05, 4.69) is 10.2 Å². The van der Waals surface area contributed by atoms with Gasteiger partial charge in [0.15, 0.2) is 0 Å². The molecule has 4 rings (SSSR count). The van der Waals surface area contributed by atoms with E-state index < -0.39 is 17.4 Å². The molecule has 1 aromatic rings. The Bertz CT molecular complexity index is 760. The van der Waals surface area contributed by atoms with Crippen molar-refractivity contribution in [2.24, 2.45) is 11.8 Å². The molecule has 8 heteroatoms. The molecule has 1 N–H and O–H groups in total. The number of aromatic amines is 1. The molecule has 3 aliphatic heterocycles.